The highest BCUT2D eigenvalue weighted by atomic mass is 19.4. The van der Waals surface area contributed by atoms with E-state index in [-0.39, 0.29) is 5.69 Å². The second-order valence-corrected chi connectivity index (χ2v) is 6.48. The number of non-ortho nitro benzene ring substituents is 1. The maximum Gasteiger partial charge on any atom is 0.490 e. The Morgan fingerprint density at radius 1 is 1.30 bits per heavy atom. The SMILES string of the molecule is Cn1nccc1-c1cc([N+](=O)[O-])ccc1OCCN1CCCC1.O=C(O)C(F)(F)F. The van der Waals surface area contributed by atoms with Crippen LogP contribution in [0.3, 0.4) is 0 Å². The van der Waals surface area contributed by atoms with Crippen molar-refractivity contribution in [3.05, 3.63) is 40.6 Å². The number of ether oxygens (including phenoxy) is 1. The van der Waals surface area contributed by atoms with Crippen LogP contribution in [-0.2, 0) is 11.8 Å². The van der Waals surface area contributed by atoms with Gasteiger partial charge in [0.15, 0.2) is 0 Å². The van der Waals surface area contributed by atoms with E-state index in [0.717, 1.165) is 25.3 Å². The number of nitro groups is 1. The summed E-state index contributed by atoms with van der Waals surface area (Å²) in [7, 11) is 1.81. The number of nitro benzene ring substituents is 1. The molecule has 0 atom stereocenters. The zero-order valence-electron chi connectivity index (χ0n) is 16.1. The molecule has 2 aromatic rings. The summed E-state index contributed by atoms with van der Waals surface area (Å²) in [5.74, 6) is -2.11. The fraction of sp³-hybridized carbons (Fsp3) is 0.444. The van der Waals surface area contributed by atoms with Gasteiger partial charge in [-0.3, -0.25) is 19.7 Å². The van der Waals surface area contributed by atoms with Gasteiger partial charge in [-0.15, -0.1) is 0 Å². The molecule has 30 heavy (non-hydrogen) atoms. The Balaban J connectivity index is 0.000000396. The lowest BCUT2D eigenvalue weighted by molar-refractivity contribution is -0.384. The van der Waals surface area contributed by atoms with Crippen LogP contribution in [0.5, 0.6) is 5.75 Å². The van der Waals surface area contributed by atoms with Gasteiger partial charge in [0.05, 0.1) is 10.6 Å². The largest absolute Gasteiger partial charge is 0.492 e. The van der Waals surface area contributed by atoms with Crippen LogP contribution in [0.15, 0.2) is 30.5 Å². The maximum atomic E-state index is 11.0. The highest BCUT2D eigenvalue weighted by Crippen LogP contribution is 2.33. The maximum absolute atomic E-state index is 11.0. The van der Waals surface area contributed by atoms with Crippen LogP contribution in [0, 0.1) is 10.1 Å². The van der Waals surface area contributed by atoms with Crippen molar-refractivity contribution in [2.45, 2.75) is 19.0 Å². The molecule has 1 aliphatic heterocycles. The number of aromatic nitrogens is 2. The number of nitrogens with zero attached hydrogens (tertiary/aromatic N) is 4. The summed E-state index contributed by atoms with van der Waals surface area (Å²) >= 11 is 0. The molecule has 1 aliphatic rings. The van der Waals surface area contributed by atoms with Gasteiger partial charge in [-0.1, -0.05) is 0 Å². The topological polar surface area (TPSA) is 111 Å². The number of carbonyl (C=O) groups is 1. The monoisotopic (exact) mass is 430 g/mol. The van der Waals surface area contributed by atoms with Gasteiger partial charge < -0.3 is 9.84 Å². The van der Waals surface area contributed by atoms with Crippen molar-refractivity contribution in [2.75, 3.05) is 26.2 Å². The molecule has 1 saturated heterocycles. The molecule has 0 amide bonds. The number of rotatable bonds is 6. The Morgan fingerprint density at radius 3 is 2.43 bits per heavy atom. The molecule has 0 radical (unpaired) electrons. The van der Waals surface area contributed by atoms with Crippen molar-refractivity contribution >= 4 is 11.7 Å². The van der Waals surface area contributed by atoms with E-state index < -0.39 is 17.1 Å². The Labute approximate surface area is 169 Å². The van der Waals surface area contributed by atoms with Crippen molar-refractivity contribution in [3.8, 4) is 17.0 Å². The Kier molecular flexibility index (Phi) is 7.75. The third-order valence-corrected chi connectivity index (χ3v) is 4.38. The van der Waals surface area contributed by atoms with Gasteiger partial charge in [-0.2, -0.15) is 18.3 Å². The number of likely N-dealkylation sites (tertiary alicyclic amines) is 1. The lowest BCUT2D eigenvalue weighted by Crippen LogP contribution is -2.25. The number of hydrogen-bond donors (Lipinski definition) is 1. The fourth-order valence-corrected chi connectivity index (χ4v) is 2.89. The van der Waals surface area contributed by atoms with E-state index >= 15 is 0 Å². The number of benzene rings is 1. The van der Waals surface area contributed by atoms with E-state index in [0.29, 0.717) is 17.9 Å². The van der Waals surface area contributed by atoms with Gasteiger partial charge in [0.25, 0.3) is 5.69 Å². The summed E-state index contributed by atoms with van der Waals surface area (Å²) in [6, 6.07) is 6.52. The van der Waals surface area contributed by atoms with E-state index in [1.165, 1.54) is 18.9 Å². The minimum Gasteiger partial charge on any atom is -0.492 e. The van der Waals surface area contributed by atoms with Crippen molar-refractivity contribution in [1.29, 1.82) is 0 Å². The summed E-state index contributed by atoms with van der Waals surface area (Å²) in [5.41, 5.74) is 1.54. The molecule has 9 nitrogen and oxygen atoms in total. The Hall–Kier alpha value is -3.15. The lowest BCUT2D eigenvalue weighted by atomic mass is 10.1. The normalized spacial score (nSPS) is 14.1. The molecule has 2 heterocycles. The highest BCUT2D eigenvalue weighted by Gasteiger charge is 2.38. The smallest absolute Gasteiger partial charge is 0.490 e. The van der Waals surface area contributed by atoms with Crippen LogP contribution in [-0.4, -0.2) is 63.1 Å². The molecule has 3 rings (SSSR count). The molecular weight excluding hydrogens is 409 g/mol. The molecule has 1 aromatic heterocycles. The molecule has 12 heteroatoms. The number of alkyl halides is 3. The quantitative estimate of drug-likeness (QED) is 0.554. The van der Waals surface area contributed by atoms with Crippen molar-refractivity contribution in [2.24, 2.45) is 7.05 Å². The van der Waals surface area contributed by atoms with Crippen LogP contribution in [0.25, 0.3) is 11.3 Å². The first-order valence-electron chi connectivity index (χ1n) is 9.01. The van der Waals surface area contributed by atoms with Crippen molar-refractivity contribution in [1.82, 2.24) is 14.7 Å². The predicted molar refractivity (Wildman–Crippen MR) is 100 cm³/mol. The number of aliphatic carboxylic acids is 1. The minimum absolute atomic E-state index is 0.0492. The highest BCUT2D eigenvalue weighted by molar-refractivity contribution is 5.73. The summed E-state index contributed by atoms with van der Waals surface area (Å²) in [5, 5.41) is 22.3. The van der Waals surface area contributed by atoms with E-state index in [4.69, 9.17) is 14.6 Å². The van der Waals surface area contributed by atoms with E-state index in [1.807, 2.05) is 13.1 Å². The van der Waals surface area contributed by atoms with Gasteiger partial charge in [0.1, 0.15) is 12.4 Å². The third-order valence-electron chi connectivity index (χ3n) is 4.38. The summed E-state index contributed by atoms with van der Waals surface area (Å²) in [4.78, 5) is 21.9. The molecule has 0 unspecified atom stereocenters. The van der Waals surface area contributed by atoms with Crippen molar-refractivity contribution < 1.29 is 32.7 Å². The number of halogens is 3. The van der Waals surface area contributed by atoms with E-state index in [2.05, 4.69) is 10.00 Å². The van der Waals surface area contributed by atoms with Crippen LogP contribution in [0.1, 0.15) is 12.8 Å². The van der Waals surface area contributed by atoms with E-state index in [9.17, 15) is 23.3 Å². The van der Waals surface area contributed by atoms with Crippen LogP contribution >= 0.6 is 0 Å². The van der Waals surface area contributed by atoms with Crippen LogP contribution in [0.4, 0.5) is 18.9 Å². The summed E-state index contributed by atoms with van der Waals surface area (Å²) in [6.07, 6.45) is -0.919. The van der Waals surface area contributed by atoms with Crippen molar-refractivity contribution in [3.63, 3.8) is 0 Å². The molecule has 0 saturated carbocycles. The number of aryl methyl sites for hydroxylation is 1. The average molecular weight is 430 g/mol. The first kappa shape index (κ1) is 23.1. The number of carboxylic acids is 1. The average Bonchev–Trinajstić information content (AvgIpc) is 3.33. The number of carboxylic acid groups (broad SMARTS) is 1. The van der Waals surface area contributed by atoms with Gasteiger partial charge in [-0.25, -0.2) is 4.79 Å². The minimum atomic E-state index is -5.08. The molecule has 0 bridgehead atoms. The summed E-state index contributed by atoms with van der Waals surface area (Å²) in [6.45, 7) is 3.70. The Bertz CT molecular complexity index is 879. The van der Waals surface area contributed by atoms with Gasteiger partial charge >= 0.3 is 12.1 Å². The van der Waals surface area contributed by atoms with Crippen LogP contribution in [0.2, 0.25) is 0 Å². The second kappa shape index (κ2) is 10.1. The summed E-state index contributed by atoms with van der Waals surface area (Å²) < 4.78 is 39.3. The molecule has 1 fully saturated rings. The molecular formula is C18H21F3N4O5. The first-order chi connectivity index (χ1) is 14.1. The first-order valence-corrected chi connectivity index (χ1v) is 9.01. The van der Waals surface area contributed by atoms with Gasteiger partial charge in [0, 0.05) is 37.5 Å². The molecule has 164 valence electrons. The lowest BCUT2D eigenvalue weighted by Gasteiger charge is -2.16. The molecule has 1 aromatic carbocycles. The fourth-order valence-electron chi connectivity index (χ4n) is 2.89. The Morgan fingerprint density at radius 2 is 1.93 bits per heavy atom. The molecule has 0 aliphatic carbocycles. The standard InChI is InChI=1S/C16H20N4O3.C2HF3O2/c1-18-15(6-7-17-18)14-12-13(20(21)22)4-5-16(14)23-11-10-19-8-2-3-9-19;3-2(4,5)1(6)7/h4-7,12H,2-3,8-11H2,1H3;(H,6,7). The molecule has 1 N–H and O–H groups in total. The molecule has 0 spiro atoms. The number of hydrogen-bond acceptors (Lipinski definition) is 6. The second-order valence-electron chi connectivity index (χ2n) is 6.48. The predicted octanol–water partition coefficient (Wildman–Crippen LogP) is 3.10. The third kappa shape index (κ3) is 6.44. The zero-order chi connectivity index (χ0) is 22.3. The van der Waals surface area contributed by atoms with Crippen LogP contribution < -0.4 is 4.74 Å². The van der Waals surface area contributed by atoms with Gasteiger partial charge in [0.2, 0.25) is 0 Å². The van der Waals surface area contributed by atoms with E-state index in [1.54, 1.807) is 23.0 Å². The zero-order valence-corrected chi connectivity index (χ0v) is 16.1. The van der Waals surface area contributed by atoms with Gasteiger partial charge in [-0.05, 0) is 38.1 Å².